The summed E-state index contributed by atoms with van der Waals surface area (Å²) in [6.07, 6.45) is 6.55. The van der Waals surface area contributed by atoms with E-state index in [4.69, 9.17) is 5.26 Å². The molecule has 0 radical (unpaired) electrons. The van der Waals surface area contributed by atoms with Crippen molar-refractivity contribution in [2.75, 3.05) is 6.54 Å². The molecule has 90 valence electrons. The van der Waals surface area contributed by atoms with Crippen LogP contribution in [0.2, 0.25) is 0 Å². The van der Waals surface area contributed by atoms with Crippen LogP contribution in [0.15, 0.2) is 24.3 Å². The monoisotopic (exact) mass is 228 g/mol. The molecule has 0 heterocycles. The fraction of sp³-hybridized carbons (Fsp3) is 0.533. The fourth-order valence-electron chi connectivity index (χ4n) is 2.57. The van der Waals surface area contributed by atoms with Crippen LogP contribution < -0.4 is 5.32 Å². The first-order chi connectivity index (χ1) is 8.42. The predicted molar refractivity (Wildman–Crippen MR) is 69.6 cm³/mol. The maximum atomic E-state index is 8.47. The van der Waals surface area contributed by atoms with Crippen LogP contribution in [0.4, 0.5) is 0 Å². The van der Waals surface area contributed by atoms with E-state index in [1.807, 2.05) is 0 Å². The van der Waals surface area contributed by atoms with Crippen LogP contribution >= 0.6 is 0 Å². The second-order valence-electron chi connectivity index (χ2n) is 4.71. The molecule has 1 aliphatic rings. The van der Waals surface area contributed by atoms with Crippen LogP contribution in [0.25, 0.3) is 0 Å². The number of fused-ring (bicyclic) bond motifs is 1. The summed E-state index contributed by atoms with van der Waals surface area (Å²) in [5.74, 6) is 0. The number of benzene rings is 1. The van der Waals surface area contributed by atoms with Crippen molar-refractivity contribution in [3.05, 3.63) is 35.4 Å². The van der Waals surface area contributed by atoms with Gasteiger partial charge in [-0.2, -0.15) is 5.26 Å². The quantitative estimate of drug-likeness (QED) is 0.784. The Bertz CT molecular complexity index is 392. The van der Waals surface area contributed by atoms with Crippen LogP contribution in [0, 0.1) is 11.3 Å². The van der Waals surface area contributed by atoms with E-state index in [-0.39, 0.29) is 0 Å². The van der Waals surface area contributed by atoms with Crippen molar-refractivity contribution in [2.24, 2.45) is 0 Å². The summed E-state index contributed by atoms with van der Waals surface area (Å²) >= 11 is 0. The molecular weight excluding hydrogens is 208 g/mol. The van der Waals surface area contributed by atoms with Gasteiger partial charge in [-0.1, -0.05) is 24.3 Å². The molecular formula is C15H20N2. The molecule has 0 aromatic heterocycles. The van der Waals surface area contributed by atoms with Crippen molar-refractivity contribution in [1.82, 2.24) is 5.32 Å². The molecule has 1 atom stereocenters. The third kappa shape index (κ3) is 3.31. The number of unbranched alkanes of at least 4 members (excludes halogenated alkanes) is 2. The zero-order valence-electron chi connectivity index (χ0n) is 10.3. The second kappa shape index (κ2) is 6.42. The molecule has 1 aromatic carbocycles. The number of hydrogen-bond acceptors (Lipinski definition) is 2. The summed E-state index contributed by atoms with van der Waals surface area (Å²) < 4.78 is 0. The second-order valence-corrected chi connectivity index (χ2v) is 4.71. The number of rotatable bonds is 5. The van der Waals surface area contributed by atoms with E-state index in [0.717, 1.165) is 19.4 Å². The van der Waals surface area contributed by atoms with Gasteiger partial charge < -0.3 is 5.32 Å². The zero-order valence-corrected chi connectivity index (χ0v) is 10.3. The van der Waals surface area contributed by atoms with Gasteiger partial charge in [0.25, 0.3) is 0 Å². The van der Waals surface area contributed by atoms with Crippen LogP contribution in [0.3, 0.4) is 0 Å². The average molecular weight is 228 g/mol. The smallest absolute Gasteiger partial charge is 0.0621 e. The molecule has 0 aliphatic heterocycles. The van der Waals surface area contributed by atoms with Gasteiger partial charge in [-0.15, -0.1) is 0 Å². The summed E-state index contributed by atoms with van der Waals surface area (Å²) in [6.45, 7) is 1.03. The van der Waals surface area contributed by atoms with E-state index in [1.54, 1.807) is 0 Å². The fourth-order valence-corrected chi connectivity index (χ4v) is 2.57. The van der Waals surface area contributed by atoms with Gasteiger partial charge in [-0.3, -0.25) is 0 Å². The number of nitrogens with zero attached hydrogens (tertiary/aromatic N) is 1. The summed E-state index contributed by atoms with van der Waals surface area (Å²) in [7, 11) is 0. The highest BCUT2D eigenvalue weighted by Crippen LogP contribution is 2.29. The first kappa shape index (κ1) is 12.1. The van der Waals surface area contributed by atoms with E-state index >= 15 is 0 Å². The Balaban J connectivity index is 1.84. The van der Waals surface area contributed by atoms with Gasteiger partial charge in [0.05, 0.1) is 6.07 Å². The molecule has 2 heteroatoms. The van der Waals surface area contributed by atoms with E-state index < -0.39 is 0 Å². The Hall–Kier alpha value is -1.33. The molecule has 1 unspecified atom stereocenters. The molecule has 1 aromatic rings. The number of nitriles is 1. The van der Waals surface area contributed by atoms with Gasteiger partial charge >= 0.3 is 0 Å². The first-order valence-electron chi connectivity index (χ1n) is 6.60. The Morgan fingerprint density at radius 3 is 3.06 bits per heavy atom. The van der Waals surface area contributed by atoms with Crippen molar-refractivity contribution in [3.63, 3.8) is 0 Å². The van der Waals surface area contributed by atoms with Gasteiger partial charge in [-0.05, 0) is 49.8 Å². The minimum Gasteiger partial charge on any atom is -0.310 e. The highest BCUT2D eigenvalue weighted by molar-refractivity contribution is 5.32. The molecule has 1 N–H and O–H groups in total. The Kier molecular flexibility index (Phi) is 4.58. The largest absolute Gasteiger partial charge is 0.310 e. The van der Waals surface area contributed by atoms with E-state index in [2.05, 4.69) is 35.7 Å². The molecule has 2 nitrogen and oxygen atoms in total. The number of aryl methyl sites for hydroxylation is 1. The third-order valence-electron chi connectivity index (χ3n) is 3.48. The Labute approximate surface area is 104 Å². The van der Waals surface area contributed by atoms with E-state index in [0.29, 0.717) is 12.5 Å². The summed E-state index contributed by atoms with van der Waals surface area (Å²) in [4.78, 5) is 0. The molecule has 2 rings (SSSR count). The minimum atomic E-state index is 0.530. The molecule has 0 saturated carbocycles. The van der Waals surface area contributed by atoms with Crippen molar-refractivity contribution >= 4 is 0 Å². The summed E-state index contributed by atoms with van der Waals surface area (Å²) in [6, 6.07) is 11.5. The molecule has 0 fully saturated rings. The zero-order chi connectivity index (χ0) is 11.9. The molecule has 0 amide bonds. The normalized spacial score (nSPS) is 18.4. The highest BCUT2D eigenvalue weighted by Gasteiger charge is 2.18. The SMILES string of the molecule is N#CCCCCNC1CCCc2ccccc21. The lowest BCUT2D eigenvalue weighted by Crippen LogP contribution is -2.26. The minimum absolute atomic E-state index is 0.530. The molecule has 0 bridgehead atoms. The van der Waals surface area contributed by atoms with E-state index in [1.165, 1.54) is 30.4 Å². The van der Waals surface area contributed by atoms with E-state index in [9.17, 15) is 0 Å². The number of nitrogens with one attached hydrogen (secondary N) is 1. The maximum Gasteiger partial charge on any atom is 0.0621 e. The lowest BCUT2D eigenvalue weighted by molar-refractivity contribution is 0.453. The molecule has 0 spiro atoms. The van der Waals surface area contributed by atoms with Crippen LogP contribution in [0.5, 0.6) is 0 Å². The predicted octanol–water partition coefficient (Wildman–Crippen LogP) is 3.35. The first-order valence-corrected chi connectivity index (χ1v) is 6.60. The molecule has 1 aliphatic carbocycles. The van der Waals surface area contributed by atoms with Gasteiger partial charge in [0.1, 0.15) is 0 Å². The number of hydrogen-bond donors (Lipinski definition) is 1. The average Bonchev–Trinajstić information content (AvgIpc) is 2.39. The van der Waals surface area contributed by atoms with Gasteiger partial charge in [0.15, 0.2) is 0 Å². The van der Waals surface area contributed by atoms with Crippen LogP contribution in [-0.4, -0.2) is 6.54 Å². The van der Waals surface area contributed by atoms with Gasteiger partial charge in [0, 0.05) is 12.5 Å². The van der Waals surface area contributed by atoms with Crippen LogP contribution in [-0.2, 0) is 6.42 Å². The summed E-state index contributed by atoms with van der Waals surface area (Å²) in [5.41, 5.74) is 2.99. The maximum absolute atomic E-state index is 8.47. The lowest BCUT2D eigenvalue weighted by Gasteiger charge is -2.26. The highest BCUT2D eigenvalue weighted by atomic mass is 14.9. The summed E-state index contributed by atoms with van der Waals surface area (Å²) in [5, 5.41) is 12.1. The van der Waals surface area contributed by atoms with Crippen molar-refractivity contribution in [2.45, 2.75) is 44.6 Å². The van der Waals surface area contributed by atoms with Crippen LogP contribution in [0.1, 0.15) is 49.3 Å². The van der Waals surface area contributed by atoms with Crippen molar-refractivity contribution < 1.29 is 0 Å². The van der Waals surface area contributed by atoms with Gasteiger partial charge in [-0.25, -0.2) is 0 Å². The Morgan fingerprint density at radius 2 is 2.18 bits per heavy atom. The van der Waals surface area contributed by atoms with Crippen molar-refractivity contribution in [3.8, 4) is 6.07 Å². The third-order valence-corrected chi connectivity index (χ3v) is 3.48. The van der Waals surface area contributed by atoms with Gasteiger partial charge in [0.2, 0.25) is 0 Å². The lowest BCUT2D eigenvalue weighted by atomic mass is 9.88. The molecule has 17 heavy (non-hydrogen) atoms. The molecule has 0 saturated heterocycles. The van der Waals surface area contributed by atoms with Crippen molar-refractivity contribution in [1.29, 1.82) is 5.26 Å². The Morgan fingerprint density at radius 1 is 1.29 bits per heavy atom. The standard InChI is InChI=1S/C15H20N2/c16-11-4-1-5-12-17-15-10-6-8-13-7-2-3-9-14(13)15/h2-3,7,9,15,17H,1,4-6,8,10,12H2. The topological polar surface area (TPSA) is 35.8 Å².